The molecule has 0 bridgehead atoms. The Bertz CT molecular complexity index is 726. The first-order chi connectivity index (χ1) is 9.87. The number of sulfonamides is 1. The minimum atomic E-state index is -3.31. The van der Waals surface area contributed by atoms with Crippen molar-refractivity contribution < 1.29 is 12.8 Å². The molecular weight excluding hydrogens is 312 g/mol. The highest BCUT2D eigenvalue weighted by Gasteiger charge is 2.07. The molecule has 0 saturated carbocycles. The average molecular weight is 329 g/mol. The lowest BCUT2D eigenvalue weighted by Crippen LogP contribution is -2.10. The van der Waals surface area contributed by atoms with E-state index in [-0.39, 0.29) is 0 Å². The third kappa shape index (κ3) is 4.68. The summed E-state index contributed by atoms with van der Waals surface area (Å²) in [7, 11) is -3.31. The number of hydrogen-bond donors (Lipinski definition) is 2. The SMILES string of the molecule is CCc1ccc(CNc2cc(NS(C)(=O)=O)ccc2Cl)o1. The van der Waals surface area contributed by atoms with Crippen molar-refractivity contribution in [3.8, 4) is 0 Å². The Hall–Kier alpha value is -1.66. The van der Waals surface area contributed by atoms with Crippen LogP contribution in [0.15, 0.2) is 34.7 Å². The maximum absolute atomic E-state index is 11.2. The molecule has 0 aliphatic carbocycles. The number of aryl methyl sites for hydroxylation is 1. The van der Waals surface area contributed by atoms with E-state index in [0.29, 0.717) is 22.9 Å². The van der Waals surface area contributed by atoms with Gasteiger partial charge in [-0.25, -0.2) is 8.42 Å². The van der Waals surface area contributed by atoms with Crippen LogP contribution in [0.1, 0.15) is 18.4 Å². The van der Waals surface area contributed by atoms with E-state index in [2.05, 4.69) is 10.0 Å². The molecule has 0 saturated heterocycles. The zero-order valence-electron chi connectivity index (χ0n) is 11.8. The fourth-order valence-electron chi connectivity index (χ4n) is 1.83. The molecule has 0 radical (unpaired) electrons. The van der Waals surface area contributed by atoms with Crippen LogP contribution in [0.4, 0.5) is 11.4 Å². The van der Waals surface area contributed by atoms with Crippen molar-refractivity contribution in [3.05, 3.63) is 46.9 Å². The van der Waals surface area contributed by atoms with E-state index in [1.165, 1.54) is 0 Å². The van der Waals surface area contributed by atoms with Crippen LogP contribution in [0.25, 0.3) is 0 Å². The van der Waals surface area contributed by atoms with Crippen LogP contribution < -0.4 is 10.0 Å². The monoisotopic (exact) mass is 328 g/mol. The zero-order chi connectivity index (χ0) is 15.5. The Kier molecular flexibility index (Phi) is 4.80. The maximum atomic E-state index is 11.2. The van der Waals surface area contributed by atoms with Gasteiger partial charge in [-0.2, -0.15) is 0 Å². The number of rotatable bonds is 6. The van der Waals surface area contributed by atoms with Gasteiger partial charge in [-0.1, -0.05) is 18.5 Å². The Balaban J connectivity index is 2.10. The van der Waals surface area contributed by atoms with E-state index in [4.69, 9.17) is 16.0 Å². The minimum absolute atomic E-state index is 0.457. The van der Waals surface area contributed by atoms with E-state index < -0.39 is 10.0 Å². The van der Waals surface area contributed by atoms with E-state index in [0.717, 1.165) is 24.2 Å². The number of anilines is 2. The molecule has 0 fully saturated rings. The highest BCUT2D eigenvalue weighted by atomic mass is 35.5. The molecule has 1 heterocycles. The van der Waals surface area contributed by atoms with E-state index in [9.17, 15) is 8.42 Å². The summed E-state index contributed by atoms with van der Waals surface area (Å²) in [5, 5.41) is 3.64. The molecule has 2 rings (SSSR count). The smallest absolute Gasteiger partial charge is 0.229 e. The third-order valence-corrected chi connectivity index (χ3v) is 3.72. The van der Waals surface area contributed by atoms with Gasteiger partial charge in [-0.15, -0.1) is 0 Å². The van der Waals surface area contributed by atoms with Crippen LogP contribution in [-0.2, 0) is 23.0 Å². The van der Waals surface area contributed by atoms with Crippen LogP contribution >= 0.6 is 11.6 Å². The molecule has 0 unspecified atom stereocenters. The summed E-state index contributed by atoms with van der Waals surface area (Å²) in [6.07, 6.45) is 1.94. The number of nitrogens with one attached hydrogen (secondary N) is 2. The second-order valence-electron chi connectivity index (χ2n) is 4.64. The molecule has 5 nitrogen and oxygen atoms in total. The molecule has 0 aliphatic rings. The molecule has 114 valence electrons. The second kappa shape index (κ2) is 6.41. The summed E-state index contributed by atoms with van der Waals surface area (Å²) >= 11 is 6.10. The van der Waals surface area contributed by atoms with Crippen molar-refractivity contribution in [1.29, 1.82) is 0 Å². The summed E-state index contributed by atoms with van der Waals surface area (Å²) in [5.74, 6) is 1.72. The van der Waals surface area contributed by atoms with Crippen molar-refractivity contribution >= 4 is 33.0 Å². The topological polar surface area (TPSA) is 71.3 Å². The summed E-state index contributed by atoms with van der Waals surface area (Å²) < 4.78 is 30.5. The molecule has 0 amide bonds. The quantitative estimate of drug-likeness (QED) is 0.851. The normalized spacial score (nSPS) is 11.4. The fraction of sp³-hybridized carbons (Fsp3) is 0.286. The standard InChI is InChI=1S/C14H17ClN2O3S/c1-3-11-5-6-12(20-11)9-16-14-8-10(4-7-13(14)15)17-21(2,18)19/h4-8,16-17H,3,9H2,1-2H3. The molecule has 1 aromatic carbocycles. The molecular formula is C14H17ClN2O3S. The Morgan fingerprint density at radius 1 is 1.19 bits per heavy atom. The van der Waals surface area contributed by atoms with Crippen LogP contribution in [0, 0.1) is 0 Å². The molecule has 7 heteroatoms. The lowest BCUT2D eigenvalue weighted by atomic mass is 10.2. The minimum Gasteiger partial charge on any atom is -0.464 e. The number of furan rings is 1. The van der Waals surface area contributed by atoms with Crippen molar-refractivity contribution in [2.24, 2.45) is 0 Å². The first-order valence-electron chi connectivity index (χ1n) is 6.46. The number of benzene rings is 1. The van der Waals surface area contributed by atoms with E-state index in [1.54, 1.807) is 18.2 Å². The zero-order valence-corrected chi connectivity index (χ0v) is 13.4. The van der Waals surface area contributed by atoms with E-state index >= 15 is 0 Å². The fourth-order valence-corrected chi connectivity index (χ4v) is 2.57. The maximum Gasteiger partial charge on any atom is 0.229 e. The summed E-state index contributed by atoms with van der Waals surface area (Å²) in [6, 6.07) is 8.72. The third-order valence-electron chi connectivity index (χ3n) is 2.79. The first-order valence-corrected chi connectivity index (χ1v) is 8.73. The Morgan fingerprint density at radius 3 is 2.52 bits per heavy atom. The van der Waals surface area contributed by atoms with Crippen molar-refractivity contribution in [2.45, 2.75) is 19.9 Å². The van der Waals surface area contributed by atoms with Crippen molar-refractivity contribution in [3.63, 3.8) is 0 Å². The second-order valence-corrected chi connectivity index (χ2v) is 6.80. The van der Waals surface area contributed by atoms with Gasteiger partial charge in [-0.3, -0.25) is 4.72 Å². The van der Waals surface area contributed by atoms with Gasteiger partial charge in [0.1, 0.15) is 11.5 Å². The van der Waals surface area contributed by atoms with Gasteiger partial charge in [0, 0.05) is 6.42 Å². The van der Waals surface area contributed by atoms with Crippen molar-refractivity contribution in [1.82, 2.24) is 0 Å². The predicted molar refractivity (Wildman–Crippen MR) is 85.3 cm³/mol. The van der Waals surface area contributed by atoms with Crippen LogP contribution in [0.3, 0.4) is 0 Å². The molecule has 21 heavy (non-hydrogen) atoms. The predicted octanol–water partition coefficient (Wildman–Crippen LogP) is 3.48. The first kappa shape index (κ1) is 15.7. The largest absolute Gasteiger partial charge is 0.464 e. The van der Waals surface area contributed by atoms with Crippen LogP contribution in [-0.4, -0.2) is 14.7 Å². The summed E-state index contributed by atoms with van der Waals surface area (Å²) in [5.41, 5.74) is 1.10. The molecule has 2 aromatic rings. The van der Waals surface area contributed by atoms with Crippen LogP contribution in [0.5, 0.6) is 0 Å². The molecule has 2 N–H and O–H groups in total. The highest BCUT2D eigenvalue weighted by molar-refractivity contribution is 7.92. The molecule has 1 aromatic heterocycles. The lowest BCUT2D eigenvalue weighted by molar-refractivity contribution is 0.476. The highest BCUT2D eigenvalue weighted by Crippen LogP contribution is 2.26. The lowest BCUT2D eigenvalue weighted by Gasteiger charge is -2.10. The molecule has 0 spiro atoms. The van der Waals surface area contributed by atoms with Crippen LogP contribution in [0.2, 0.25) is 5.02 Å². The molecule has 0 atom stereocenters. The van der Waals surface area contributed by atoms with Gasteiger partial charge >= 0.3 is 0 Å². The Morgan fingerprint density at radius 2 is 1.90 bits per heavy atom. The summed E-state index contributed by atoms with van der Waals surface area (Å²) in [6.45, 7) is 2.50. The van der Waals surface area contributed by atoms with Crippen molar-refractivity contribution in [2.75, 3.05) is 16.3 Å². The van der Waals surface area contributed by atoms with Gasteiger partial charge in [-0.05, 0) is 30.3 Å². The van der Waals surface area contributed by atoms with Gasteiger partial charge in [0.2, 0.25) is 10.0 Å². The van der Waals surface area contributed by atoms with Gasteiger partial charge in [0.15, 0.2) is 0 Å². The number of hydrogen-bond acceptors (Lipinski definition) is 4. The van der Waals surface area contributed by atoms with Gasteiger partial charge in [0.05, 0.1) is 29.2 Å². The number of halogens is 1. The molecule has 0 aliphatic heterocycles. The Labute approximate surface area is 129 Å². The van der Waals surface area contributed by atoms with Gasteiger partial charge < -0.3 is 9.73 Å². The van der Waals surface area contributed by atoms with E-state index in [1.807, 2.05) is 19.1 Å². The average Bonchev–Trinajstić information content (AvgIpc) is 2.86. The summed E-state index contributed by atoms with van der Waals surface area (Å²) in [4.78, 5) is 0. The van der Waals surface area contributed by atoms with Gasteiger partial charge in [0.25, 0.3) is 0 Å².